The topological polar surface area (TPSA) is 122 Å². The van der Waals surface area contributed by atoms with Crippen molar-refractivity contribution in [2.24, 2.45) is 0 Å². The molecule has 6 heteroatoms. The maximum absolute atomic E-state index is 8.90. The molecule has 0 fully saturated rings. The first-order valence-electron chi connectivity index (χ1n) is 7.41. The third kappa shape index (κ3) is 6.46. The molecule has 2 rings (SSSR count). The highest BCUT2D eigenvalue weighted by atomic mass is 16.3. The molecule has 0 aliphatic heterocycles. The van der Waals surface area contributed by atoms with E-state index in [9.17, 15) is 0 Å². The fourth-order valence-electron chi connectivity index (χ4n) is 1.96. The summed E-state index contributed by atoms with van der Waals surface area (Å²) < 4.78 is 0. The van der Waals surface area contributed by atoms with E-state index in [2.05, 4.69) is 0 Å². The summed E-state index contributed by atoms with van der Waals surface area (Å²) in [5, 5.41) is 17.8. The standard InChI is InChI=1S/C11H18N2O2.C6H8N2/c1-9-8-10(2-3-11(9)12)13(4-6-14)5-7-15;7-5-1-2-6(8)4-3-5/h2-3,8,14-15H,4-7,12H2,1H3;1-4H,7-8H2. The van der Waals surface area contributed by atoms with Crippen LogP contribution in [0.15, 0.2) is 42.5 Å². The minimum Gasteiger partial charge on any atom is -0.399 e. The predicted molar refractivity (Wildman–Crippen MR) is 97.2 cm³/mol. The second-order valence-corrected chi connectivity index (χ2v) is 5.14. The lowest BCUT2D eigenvalue weighted by Crippen LogP contribution is -2.29. The number of nitrogens with zero attached hydrogens (tertiary/aromatic N) is 1. The first-order valence-corrected chi connectivity index (χ1v) is 7.41. The van der Waals surface area contributed by atoms with Gasteiger partial charge in [-0.15, -0.1) is 0 Å². The Kier molecular flexibility index (Phi) is 7.73. The van der Waals surface area contributed by atoms with E-state index in [4.69, 9.17) is 27.4 Å². The molecule has 0 saturated heterocycles. The average Bonchev–Trinajstić information content (AvgIpc) is 2.53. The van der Waals surface area contributed by atoms with E-state index < -0.39 is 0 Å². The quantitative estimate of drug-likeness (QED) is 0.528. The molecule has 0 heterocycles. The lowest BCUT2D eigenvalue weighted by molar-refractivity contribution is 0.281. The van der Waals surface area contributed by atoms with Gasteiger partial charge in [0.05, 0.1) is 13.2 Å². The fourth-order valence-corrected chi connectivity index (χ4v) is 1.96. The van der Waals surface area contributed by atoms with Crippen molar-refractivity contribution in [3.63, 3.8) is 0 Å². The van der Waals surface area contributed by atoms with Gasteiger partial charge in [-0.3, -0.25) is 0 Å². The molecule has 0 saturated carbocycles. The van der Waals surface area contributed by atoms with Gasteiger partial charge in [0.2, 0.25) is 0 Å². The van der Waals surface area contributed by atoms with Crippen molar-refractivity contribution >= 4 is 22.7 Å². The minimum atomic E-state index is 0.0728. The number of aryl methyl sites for hydroxylation is 1. The molecule has 8 N–H and O–H groups in total. The van der Waals surface area contributed by atoms with Gasteiger partial charge in [0.1, 0.15) is 0 Å². The SMILES string of the molecule is Cc1cc(N(CCO)CCO)ccc1N.Nc1ccc(N)cc1. The molecule has 0 unspecified atom stereocenters. The first-order chi connectivity index (χ1) is 11.0. The Hall–Kier alpha value is -2.44. The molecule has 0 atom stereocenters. The van der Waals surface area contributed by atoms with Crippen molar-refractivity contribution in [2.75, 3.05) is 48.4 Å². The van der Waals surface area contributed by atoms with Gasteiger partial charge in [-0.25, -0.2) is 0 Å². The summed E-state index contributed by atoms with van der Waals surface area (Å²) in [4.78, 5) is 1.92. The maximum Gasteiger partial charge on any atom is 0.0606 e. The summed E-state index contributed by atoms with van der Waals surface area (Å²) in [6, 6.07) is 12.8. The van der Waals surface area contributed by atoms with Crippen molar-refractivity contribution in [1.82, 2.24) is 0 Å². The maximum atomic E-state index is 8.90. The highest BCUT2D eigenvalue weighted by Gasteiger charge is 2.06. The van der Waals surface area contributed by atoms with E-state index in [1.165, 1.54) is 0 Å². The molecule has 126 valence electrons. The molecule has 0 aliphatic carbocycles. The van der Waals surface area contributed by atoms with Gasteiger partial charge < -0.3 is 32.3 Å². The summed E-state index contributed by atoms with van der Waals surface area (Å²) in [6.07, 6.45) is 0. The normalized spacial score (nSPS) is 9.87. The van der Waals surface area contributed by atoms with Gasteiger partial charge in [0.15, 0.2) is 0 Å². The lowest BCUT2D eigenvalue weighted by atomic mass is 10.1. The van der Waals surface area contributed by atoms with Crippen LogP contribution in [-0.2, 0) is 0 Å². The van der Waals surface area contributed by atoms with Crippen LogP contribution in [0.2, 0.25) is 0 Å². The molecule has 6 nitrogen and oxygen atoms in total. The van der Waals surface area contributed by atoms with E-state index in [0.717, 1.165) is 28.3 Å². The van der Waals surface area contributed by atoms with Crippen molar-refractivity contribution < 1.29 is 10.2 Å². The second-order valence-electron chi connectivity index (χ2n) is 5.14. The number of hydrogen-bond acceptors (Lipinski definition) is 6. The number of anilines is 4. The third-order valence-corrected chi connectivity index (χ3v) is 3.29. The molecule has 0 bridgehead atoms. The Bertz CT molecular complexity index is 561. The zero-order chi connectivity index (χ0) is 17.2. The number of nitrogen functional groups attached to an aromatic ring is 3. The van der Waals surface area contributed by atoms with Crippen LogP contribution in [0.4, 0.5) is 22.7 Å². The van der Waals surface area contributed by atoms with Crippen molar-refractivity contribution in [3.8, 4) is 0 Å². The van der Waals surface area contributed by atoms with Crippen molar-refractivity contribution in [2.45, 2.75) is 6.92 Å². The van der Waals surface area contributed by atoms with Gasteiger partial charge in [-0.2, -0.15) is 0 Å². The van der Waals surface area contributed by atoms with Crippen LogP contribution in [0.25, 0.3) is 0 Å². The fraction of sp³-hybridized carbons (Fsp3) is 0.294. The van der Waals surface area contributed by atoms with Crippen molar-refractivity contribution in [3.05, 3.63) is 48.0 Å². The van der Waals surface area contributed by atoms with Gasteiger partial charge in [0, 0.05) is 35.8 Å². The number of hydrogen-bond donors (Lipinski definition) is 5. The Morgan fingerprint density at radius 1 is 0.826 bits per heavy atom. The molecular weight excluding hydrogens is 292 g/mol. The Labute approximate surface area is 137 Å². The largest absolute Gasteiger partial charge is 0.399 e. The Balaban J connectivity index is 0.000000277. The highest BCUT2D eigenvalue weighted by molar-refractivity contribution is 5.58. The van der Waals surface area contributed by atoms with Gasteiger partial charge in [-0.05, 0) is 55.0 Å². The number of nitrogens with two attached hydrogens (primary N) is 3. The van der Waals surface area contributed by atoms with Crippen LogP contribution in [0.1, 0.15) is 5.56 Å². The molecule has 0 radical (unpaired) electrons. The first kappa shape index (κ1) is 18.6. The Morgan fingerprint density at radius 2 is 1.30 bits per heavy atom. The smallest absolute Gasteiger partial charge is 0.0606 e. The second kappa shape index (κ2) is 9.55. The summed E-state index contributed by atoms with van der Waals surface area (Å²) in [7, 11) is 0. The van der Waals surface area contributed by atoms with Crippen LogP contribution >= 0.6 is 0 Å². The van der Waals surface area contributed by atoms with Gasteiger partial charge in [-0.1, -0.05) is 0 Å². The summed E-state index contributed by atoms with van der Waals surface area (Å²) in [6.45, 7) is 3.12. The van der Waals surface area contributed by atoms with E-state index in [1.807, 2.05) is 30.0 Å². The summed E-state index contributed by atoms with van der Waals surface area (Å²) in [5.74, 6) is 0. The van der Waals surface area contributed by atoms with Crippen LogP contribution < -0.4 is 22.1 Å². The van der Waals surface area contributed by atoms with Crippen LogP contribution in [0.5, 0.6) is 0 Å². The summed E-state index contributed by atoms with van der Waals surface area (Å²) >= 11 is 0. The molecule has 2 aromatic carbocycles. The third-order valence-electron chi connectivity index (χ3n) is 3.29. The molecule has 23 heavy (non-hydrogen) atoms. The molecule has 0 aromatic heterocycles. The minimum absolute atomic E-state index is 0.0728. The predicted octanol–water partition coefficient (Wildman–Crippen LogP) is 1.22. The van der Waals surface area contributed by atoms with E-state index in [0.29, 0.717) is 13.1 Å². The van der Waals surface area contributed by atoms with Gasteiger partial charge >= 0.3 is 0 Å². The molecular formula is C17H26N4O2. The zero-order valence-corrected chi connectivity index (χ0v) is 13.4. The highest BCUT2D eigenvalue weighted by Crippen LogP contribution is 2.20. The molecule has 2 aromatic rings. The van der Waals surface area contributed by atoms with Crippen LogP contribution in [0, 0.1) is 6.92 Å². The molecule has 0 spiro atoms. The monoisotopic (exact) mass is 318 g/mol. The van der Waals surface area contributed by atoms with Gasteiger partial charge in [0.25, 0.3) is 0 Å². The molecule has 0 aliphatic rings. The van der Waals surface area contributed by atoms with Crippen LogP contribution in [0.3, 0.4) is 0 Å². The lowest BCUT2D eigenvalue weighted by Gasteiger charge is -2.23. The Morgan fingerprint density at radius 3 is 1.70 bits per heavy atom. The van der Waals surface area contributed by atoms with Crippen molar-refractivity contribution in [1.29, 1.82) is 0 Å². The van der Waals surface area contributed by atoms with E-state index >= 15 is 0 Å². The number of benzene rings is 2. The average molecular weight is 318 g/mol. The number of rotatable bonds is 5. The number of aliphatic hydroxyl groups is 2. The van der Waals surface area contributed by atoms with E-state index in [-0.39, 0.29) is 13.2 Å². The van der Waals surface area contributed by atoms with E-state index in [1.54, 1.807) is 24.3 Å². The van der Waals surface area contributed by atoms with Crippen LogP contribution in [-0.4, -0.2) is 36.5 Å². The molecule has 0 amide bonds. The zero-order valence-electron chi connectivity index (χ0n) is 13.4. The number of aliphatic hydroxyl groups excluding tert-OH is 2. The summed E-state index contributed by atoms with van der Waals surface area (Å²) in [5.41, 5.74) is 20.7.